The Morgan fingerprint density at radius 3 is 2.42 bits per heavy atom. The molecule has 1 aliphatic carbocycles. The predicted octanol–water partition coefficient (Wildman–Crippen LogP) is 5.03. The van der Waals surface area contributed by atoms with E-state index >= 15 is 0 Å². The minimum Gasteiger partial charge on any atom is -0.488 e. The number of hydrogen-bond donors (Lipinski definition) is 2. The molecule has 38 heavy (non-hydrogen) atoms. The van der Waals surface area contributed by atoms with Crippen LogP contribution in [0.25, 0.3) is 5.52 Å². The van der Waals surface area contributed by atoms with Gasteiger partial charge in [-0.25, -0.2) is 13.3 Å². The Labute approximate surface area is 216 Å². The first-order valence-corrected chi connectivity index (χ1v) is 11.7. The van der Waals surface area contributed by atoms with E-state index in [0.29, 0.717) is 42.0 Å². The summed E-state index contributed by atoms with van der Waals surface area (Å²) in [4.78, 5) is 29.8. The van der Waals surface area contributed by atoms with Crippen LogP contribution in [0.15, 0.2) is 67.6 Å². The van der Waals surface area contributed by atoms with Crippen molar-refractivity contribution >= 4 is 28.7 Å². The van der Waals surface area contributed by atoms with Crippen molar-refractivity contribution in [3.05, 3.63) is 84.8 Å². The van der Waals surface area contributed by atoms with E-state index in [-0.39, 0.29) is 17.3 Å². The summed E-state index contributed by atoms with van der Waals surface area (Å²) in [5.41, 5.74) is 0.475. The number of amides is 2. The number of hydrogen-bond acceptors (Lipinski definition) is 6. The van der Waals surface area contributed by atoms with Crippen LogP contribution < -0.4 is 20.1 Å². The number of ether oxygens (including phenoxy) is 2. The van der Waals surface area contributed by atoms with Gasteiger partial charge in [-0.3, -0.25) is 9.59 Å². The molecule has 0 radical (unpaired) electrons. The van der Waals surface area contributed by atoms with Gasteiger partial charge >= 0.3 is 0 Å². The number of aromatic nitrogens is 3. The number of nitrogens with zero attached hydrogens (tertiary/aromatic N) is 3. The van der Waals surface area contributed by atoms with E-state index in [0.717, 1.165) is 6.07 Å². The molecule has 2 aromatic carbocycles. The van der Waals surface area contributed by atoms with Gasteiger partial charge in [-0.05, 0) is 56.2 Å². The van der Waals surface area contributed by atoms with Gasteiger partial charge in [0.2, 0.25) is 17.7 Å². The van der Waals surface area contributed by atoms with Crippen molar-refractivity contribution in [3.8, 4) is 17.4 Å². The van der Waals surface area contributed by atoms with Gasteiger partial charge in [0, 0.05) is 23.0 Å². The topological polar surface area (TPSA) is 107 Å². The van der Waals surface area contributed by atoms with Crippen LogP contribution in [0.4, 0.5) is 20.2 Å². The fourth-order valence-corrected chi connectivity index (χ4v) is 3.96. The Morgan fingerprint density at radius 1 is 1.08 bits per heavy atom. The third-order valence-corrected chi connectivity index (χ3v) is 6.22. The fraction of sp³-hybridized carbons (Fsp3) is 0.185. The van der Waals surface area contributed by atoms with E-state index in [9.17, 15) is 18.4 Å². The number of halogens is 2. The van der Waals surface area contributed by atoms with E-state index in [2.05, 4.69) is 27.3 Å². The monoisotopic (exact) mass is 519 g/mol. The number of rotatable bonds is 9. The molecule has 2 aromatic heterocycles. The van der Waals surface area contributed by atoms with Gasteiger partial charge in [-0.1, -0.05) is 12.7 Å². The molecule has 9 nitrogen and oxygen atoms in total. The highest BCUT2D eigenvalue weighted by atomic mass is 19.1. The number of carbonyl (C=O) groups is 2. The summed E-state index contributed by atoms with van der Waals surface area (Å²) in [6.07, 6.45) is 5.24. The quantitative estimate of drug-likeness (QED) is 0.237. The molecule has 1 fully saturated rings. The Morgan fingerprint density at radius 2 is 1.76 bits per heavy atom. The second-order valence-corrected chi connectivity index (χ2v) is 8.82. The molecule has 0 aliphatic heterocycles. The summed E-state index contributed by atoms with van der Waals surface area (Å²) >= 11 is 0. The third-order valence-electron chi connectivity index (χ3n) is 6.22. The Bertz CT molecular complexity index is 1550. The highest BCUT2D eigenvalue weighted by Crippen LogP contribution is 2.47. The molecule has 1 saturated carbocycles. The lowest BCUT2D eigenvalue weighted by Crippen LogP contribution is -2.35. The van der Waals surface area contributed by atoms with Crippen LogP contribution in [0.2, 0.25) is 0 Å². The summed E-state index contributed by atoms with van der Waals surface area (Å²) in [6, 6.07) is 9.16. The highest BCUT2D eigenvalue weighted by Gasteiger charge is 2.56. The number of carbonyl (C=O) groups excluding carboxylic acids is 2. The molecular formula is C27H23F2N5O4. The molecular weight excluding hydrogens is 496 g/mol. The number of anilines is 2. The first kappa shape index (κ1) is 24.9. The second kappa shape index (κ2) is 9.92. The highest BCUT2D eigenvalue weighted by molar-refractivity contribution is 6.16. The number of fused-ring (bicyclic) bond motifs is 1. The number of benzene rings is 2. The van der Waals surface area contributed by atoms with Crippen LogP contribution >= 0.6 is 0 Å². The Kier molecular flexibility index (Phi) is 6.50. The van der Waals surface area contributed by atoms with E-state index in [1.807, 2.05) is 0 Å². The minimum atomic E-state index is -1.27. The van der Waals surface area contributed by atoms with Gasteiger partial charge in [0.1, 0.15) is 35.4 Å². The molecule has 0 spiro atoms. The zero-order valence-corrected chi connectivity index (χ0v) is 20.3. The van der Waals surface area contributed by atoms with Crippen molar-refractivity contribution in [2.45, 2.75) is 19.8 Å². The second-order valence-electron chi connectivity index (χ2n) is 8.82. The van der Waals surface area contributed by atoms with Crippen molar-refractivity contribution in [1.29, 1.82) is 0 Å². The lowest BCUT2D eigenvalue weighted by Gasteiger charge is -2.16. The van der Waals surface area contributed by atoms with E-state index in [1.165, 1.54) is 47.2 Å². The SMILES string of the molecule is C=CCOc1cn2ncnc(Oc3ccc(NC(=O)C4(C(=O)Nc5ccc(F)cc5)CC4)cc3F)c2c1C. The molecule has 0 saturated heterocycles. The van der Waals surface area contributed by atoms with Crippen LogP contribution in [0.3, 0.4) is 0 Å². The van der Waals surface area contributed by atoms with Crippen LogP contribution in [0.1, 0.15) is 18.4 Å². The molecule has 194 valence electrons. The Hall–Kier alpha value is -4.80. The van der Waals surface area contributed by atoms with Crippen LogP contribution in [0.5, 0.6) is 17.4 Å². The van der Waals surface area contributed by atoms with Gasteiger partial charge in [-0.2, -0.15) is 10.1 Å². The summed E-state index contributed by atoms with van der Waals surface area (Å²) in [5.74, 6) is -1.68. The van der Waals surface area contributed by atoms with Crippen molar-refractivity contribution in [2.24, 2.45) is 5.41 Å². The molecule has 5 rings (SSSR count). The van der Waals surface area contributed by atoms with Crippen molar-refractivity contribution in [3.63, 3.8) is 0 Å². The van der Waals surface area contributed by atoms with Gasteiger partial charge in [0.15, 0.2) is 11.6 Å². The molecule has 0 bridgehead atoms. The van der Waals surface area contributed by atoms with E-state index in [1.54, 1.807) is 19.2 Å². The standard InChI is InChI=1S/C27H23F2N5O4/c1-3-12-37-22-14-34-23(16(22)2)24(30-15-31-34)38-21-9-8-19(13-20(21)29)33-26(36)27(10-11-27)25(35)32-18-6-4-17(28)5-7-18/h3-9,13-15H,1,10-12H2,2H3,(H,32,35)(H,33,36). The number of nitrogens with one attached hydrogen (secondary N) is 2. The average molecular weight is 520 g/mol. The number of aryl methyl sites for hydroxylation is 1. The Balaban J connectivity index is 1.29. The van der Waals surface area contributed by atoms with Crippen LogP contribution in [-0.2, 0) is 9.59 Å². The van der Waals surface area contributed by atoms with E-state index < -0.39 is 28.9 Å². The molecule has 0 atom stereocenters. The van der Waals surface area contributed by atoms with Gasteiger partial charge < -0.3 is 20.1 Å². The lowest BCUT2D eigenvalue weighted by atomic mass is 10.0. The first-order chi connectivity index (χ1) is 18.3. The summed E-state index contributed by atoms with van der Waals surface area (Å²) < 4.78 is 41.0. The summed E-state index contributed by atoms with van der Waals surface area (Å²) in [7, 11) is 0. The normalized spacial score (nSPS) is 13.6. The van der Waals surface area contributed by atoms with Crippen molar-refractivity contribution in [1.82, 2.24) is 14.6 Å². The maximum atomic E-state index is 15.0. The first-order valence-electron chi connectivity index (χ1n) is 11.7. The van der Waals surface area contributed by atoms with Gasteiger partial charge in [0.25, 0.3) is 0 Å². The maximum Gasteiger partial charge on any atom is 0.247 e. The minimum absolute atomic E-state index is 0.118. The molecule has 0 unspecified atom stereocenters. The van der Waals surface area contributed by atoms with Gasteiger partial charge in [-0.15, -0.1) is 0 Å². The predicted molar refractivity (Wildman–Crippen MR) is 135 cm³/mol. The van der Waals surface area contributed by atoms with E-state index in [4.69, 9.17) is 9.47 Å². The van der Waals surface area contributed by atoms with Crippen LogP contribution in [0, 0.1) is 24.0 Å². The molecule has 11 heteroatoms. The molecule has 2 N–H and O–H groups in total. The largest absolute Gasteiger partial charge is 0.488 e. The summed E-state index contributed by atoms with van der Waals surface area (Å²) in [5, 5.41) is 9.38. The van der Waals surface area contributed by atoms with Crippen molar-refractivity contribution in [2.75, 3.05) is 17.2 Å². The third kappa shape index (κ3) is 4.77. The summed E-state index contributed by atoms with van der Waals surface area (Å²) in [6.45, 7) is 5.74. The zero-order chi connectivity index (χ0) is 26.9. The average Bonchev–Trinajstić information content (AvgIpc) is 3.65. The van der Waals surface area contributed by atoms with Gasteiger partial charge in [0.05, 0.1) is 6.20 Å². The fourth-order valence-electron chi connectivity index (χ4n) is 3.96. The van der Waals surface area contributed by atoms with Crippen molar-refractivity contribution < 1.29 is 27.8 Å². The molecule has 1 aliphatic rings. The molecule has 4 aromatic rings. The molecule has 2 amide bonds. The van der Waals surface area contributed by atoms with Crippen LogP contribution in [-0.4, -0.2) is 33.0 Å². The zero-order valence-electron chi connectivity index (χ0n) is 20.3. The lowest BCUT2D eigenvalue weighted by molar-refractivity contribution is -0.131. The smallest absolute Gasteiger partial charge is 0.247 e. The molecule has 2 heterocycles. The maximum absolute atomic E-state index is 15.0.